The summed E-state index contributed by atoms with van der Waals surface area (Å²) in [5.41, 5.74) is 1.72. The number of carbonyl (C=O) groups excluding carboxylic acids is 3. The minimum atomic E-state index is -0.744. The summed E-state index contributed by atoms with van der Waals surface area (Å²) in [5, 5.41) is 4.40. The first-order chi connectivity index (χ1) is 15.5. The highest BCUT2D eigenvalue weighted by Gasteiger charge is 2.10. The largest absolute Gasteiger partial charge is 0.490 e. The SMILES string of the molecule is C=CCNC(=O)NC(=O)COC(=O)/C=C/c1ccc(OCc2ccccc2)c(OCC)c1. The van der Waals surface area contributed by atoms with Crippen molar-refractivity contribution in [3.05, 3.63) is 78.4 Å². The molecular weight excluding hydrogens is 412 g/mol. The molecule has 0 radical (unpaired) electrons. The molecule has 2 rings (SSSR count). The van der Waals surface area contributed by atoms with Crippen LogP contribution in [0.5, 0.6) is 11.5 Å². The number of imide groups is 1. The third-order valence-corrected chi connectivity index (χ3v) is 3.92. The third kappa shape index (κ3) is 8.74. The average molecular weight is 438 g/mol. The number of carbonyl (C=O) groups is 3. The zero-order valence-corrected chi connectivity index (χ0v) is 17.8. The van der Waals surface area contributed by atoms with Crippen LogP contribution in [-0.4, -0.2) is 37.7 Å². The van der Waals surface area contributed by atoms with Gasteiger partial charge in [0.15, 0.2) is 18.1 Å². The van der Waals surface area contributed by atoms with Crippen molar-refractivity contribution < 1.29 is 28.6 Å². The number of hydrogen-bond donors (Lipinski definition) is 2. The summed E-state index contributed by atoms with van der Waals surface area (Å²) in [5.74, 6) is -0.341. The van der Waals surface area contributed by atoms with Gasteiger partial charge in [0.05, 0.1) is 6.61 Å². The van der Waals surface area contributed by atoms with Crippen LogP contribution in [0.3, 0.4) is 0 Å². The van der Waals surface area contributed by atoms with Gasteiger partial charge in [-0.3, -0.25) is 10.1 Å². The molecule has 0 saturated carbocycles. The zero-order chi connectivity index (χ0) is 23.2. The molecule has 0 aliphatic carbocycles. The van der Waals surface area contributed by atoms with Crippen molar-refractivity contribution in [2.45, 2.75) is 13.5 Å². The van der Waals surface area contributed by atoms with Crippen LogP contribution in [0.1, 0.15) is 18.1 Å². The highest BCUT2D eigenvalue weighted by Crippen LogP contribution is 2.29. The second-order valence-electron chi connectivity index (χ2n) is 6.40. The number of nitrogens with one attached hydrogen (secondary N) is 2. The molecule has 0 saturated heterocycles. The fourth-order valence-electron chi connectivity index (χ4n) is 2.47. The number of benzene rings is 2. The fourth-order valence-corrected chi connectivity index (χ4v) is 2.47. The van der Waals surface area contributed by atoms with Gasteiger partial charge < -0.3 is 19.5 Å². The van der Waals surface area contributed by atoms with Crippen LogP contribution in [0.4, 0.5) is 4.79 Å². The van der Waals surface area contributed by atoms with Gasteiger partial charge in [-0.1, -0.05) is 42.5 Å². The molecule has 0 fully saturated rings. The van der Waals surface area contributed by atoms with Crippen molar-refractivity contribution >= 4 is 24.0 Å². The first kappa shape index (κ1) is 24.2. The summed E-state index contributed by atoms with van der Waals surface area (Å²) in [6.07, 6.45) is 4.18. The first-order valence-electron chi connectivity index (χ1n) is 9.98. The van der Waals surface area contributed by atoms with E-state index < -0.39 is 24.5 Å². The standard InChI is InChI=1S/C24H26N2O6/c1-3-14-25-24(29)26-22(27)17-32-23(28)13-11-18-10-12-20(21(15-18)30-4-2)31-16-19-8-6-5-7-9-19/h3,5-13,15H,1,4,14,16-17H2,2H3,(H2,25,26,27,29)/b13-11+. The molecule has 0 bridgehead atoms. The van der Waals surface area contributed by atoms with E-state index in [0.717, 1.165) is 5.56 Å². The van der Waals surface area contributed by atoms with Crippen molar-refractivity contribution in [1.82, 2.24) is 10.6 Å². The topological polar surface area (TPSA) is 103 Å². The number of rotatable bonds is 11. The Balaban J connectivity index is 1.89. The van der Waals surface area contributed by atoms with E-state index in [0.29, 0.717) is 30.3 Å². The molecule has 2 aromatic rings. The molecule has 8 heteroatoms. The minimum Gasteiger partial charge on any atom is -0.490 e. The van der Waals surface area contributed by atoms with E-state index in [4.69, 9.17) is 14.2 Å². The van der Waals surface area contributed by atoms with E-state index in [-0.39, 0.29) is 6.54 Å². The second kappa shape index (κ2) is 13.3. The van der Waals surface area contributed by atoms with Crippen LogP contribution < -0.4 is 20.1 Å². The predicted octanol–water partition coefficient (Wildman–Crippen LogP) is 3.23. The van der Waals surface area contributed by atoms with Crippen LogP contribution in [0.25, 0.3) is 6.08 Å². The quantitative estimate of drug-likeness (QED) is 0.317. The normalized spacial score (nSPS) is 10.3. The number of urea groups is 1. The average Bonchev–Trinajstić information content (AvgIpc) is 2.80. The summed E-state index contributed by atoms with van der Waals surface area (Å²) < 4.78 is 16.3. The monoisotopic (exact) mass is 438 g/mol. The lowest BCUT2D eigenvalue weighted by Crippen LogP contribution is -2.41. The Morgan fingerprint density at radius 3 is 2.53 bits per heavy atom. The lowest BCUT2D eigenvalue weighted by molar-refractivity contribution is -0.143. The maximum absolute atomic E-state index is 11.9. The van der Waals surface area contributed by atoms with Crippen molar-refractivity contribution in [1.29, 1.82) is 0 Å². The molecule has 2 aromatic carbocycles. The smallest absolute Gasteiger partial charge is 0.331 e. The number of hydrogen-bond acceptors (Lipinski definition) is 6. The molecule has 0 aliphatic heterocycles. The maximum Gasteiger partial charge on any atom is 0.331 e. The van der Waals surface area contributed by atoms with E-state index in [2.05, 4.69) is 11.9 Å². The second-order valence-corrected chi connectivity index (χ2v) is 6.40. The lowest BCUT2D eigenvalue weighted by Gasteiger charge is -2.12. The third-order valence-electron chi connectivity index (χ3n) is 3.92. The summed E-state index contributed by atoms with van der Waals surface area (Å²) in [6, 6.07) is 14.3. The molecule has 0 atom stereocenters. The predicted molar refractivity (Wildman–Crippen MR) is 120 cm³/mol. The Morgan fingerprint density at radius 2 is 1.81 bits per heavy atom. The molecule has 0 aromatic heterocycles. The fraction of sp³-hybridized carbons (Fsp3) is 0.208. The molecule has 2 N–H and O–H groups in total. The Kier molecular flexibility index (Phi) is 10.0. The lowest BCUT2D eigenvalue weighted by atomic mass is 10.2. The molecule has 0 unspecified atom stereocenters. The van der Waals surface area contributed by atoms with E-state index >= 15 is 0 Å². The van der Waals surface area contributed by atoms with Gasteiger partial charge in [-0.25, -0.2) is 9.59 Å². The number of esters is 1. The van der Waals surface area contributed by atoms with Gasteiger partial charge in [-0.2, -0.15) is 0 Å². The zero-order valence-electron chi connectivity index (χ0n) is 17.8. The summed E-state index contributed by atoms with van der Waals surface area (Å²) in [7, 11) is 0. The van der Waals surface area contributed by atoms with Gasteiger partial charge in [0.1, 0.15) is 6.61 Å². The molecule has 168 valence electrons. The van der Waals surface area contributed by atoms with Gasteiger partial charge in [0, 0.05) is 12.6 Å². The van der Waals surface area contributed by atoms with Gasteiger partial charge >= 0.3 is 12.0 Å². The van der Waals surface area contributed by atoms with Gasteiger partial charge in [0.2, 0.25) is 0 Å². The van der Waals surface area contributed by atoms with Crippen LogP contribution >= 0.6 is 0 Å². The number of ether oxygens (including phenoxy) is 3. The van der Waals surface area contributed by atoms with E-state index in [1.807, 2.05) is 42.6 Å². The van der Waals surface area contributed by atoms with Crippen LogP contribution in [0, 0.1) is 0 Å². The number of amides is 3. The Bertz CT molecular complexity index is 956. The molecular formula is C24H26N2O6. The Labute approximate surface area is 186 Å². The van der Waals surface area contributed by atoms with Crippen LogP contribution in [0.15, 0.2) is 67.3 Å². The molecule has 0 heterocycles. The molecule has 8 nitrogen and oxygen atoms in total. The van der Waals surface area contributed by atoms with Gasteiger partial charge in [-0.15, -0.1) is 6.58 Å². The molecule has 32 heavy (non-hydrogen) atoms. The highest BCUT2D eigenvalue weighted by molar-refractivity contribution is 5.96. The van der Waals surface area contributed by atoms with Crippen molar-refractivity contribution in [2.75, 3.05) is 19.8 Å². The van der Waals surface area contributed by atoms with E-state index in [1.54, 1.807) is 18.2 Å². The Morgan fingerprint density at radius 1 is 1.03 bits per heavy atom. The maximum atomic E-state index is 11.9. The highest BCUT2D eigenvalue weighted by atomic mass is 16.5. The summed E-state index contributed by atoms with van der Waals surface area (Å²) >= 11 is 0. The Hall–Kier alpha value is -4.07. The molecule has 0 spiro atoms. The van der Waals surface area contributed by atoms with Gasteiger partial charge in [0.25, 0.3) is 5.91 Å². The van der Waals surface area contributed by atoms with Gasteiger partial charge in [-0.05, 0) is 36.3 Å². The minimum absolute atomic E-state index is 0.210. The van der Waals surface area contributed by atoms with Crippen LogP contribution in [-0.2, 0) is 20.9 Å². The first-order valence-corrected chi connectivity index (χ1v) is 9.98. The summed E-state index contributed by atoms with van der Waals surface area (Å²) in [4.78, 5) is 34.8. The van der Waals surface area contributed by atoms with Crippen molar-refractivity contribution in [2.24, 2.45) is 0 Å². The van der Waals surface area contributed by atoms with Crippen molar-refractivity contribution in [3.8, 4) is 11.5 Å². The van der Waals surface area contributed by atoms with E-state index in [1.165, 1.54) is 18.2 Å². The summed E-state index contributed by atoms with van der Waals surface area (Å²) in [6.45, 7) is 5.78. The van der Waals surface area contributed by atoms with Crippen molar-refractivity contribution in [3.63, 3.8) is 0 Å². The molecule has 0 aliphatic rings. The van der Waals surface area contributed by atoms with Crippen LogP contribution in [0.2, 0.25) is 0 Å². The molecule has 3 amide bonds. The van der Waals surface area contributed by atoms with E-state index in [9.17, 15) is 14.4 Å².